The van der Waals surface area contributed by atoms with E-state index in [-0.39, 0.29) is 22.6 Å². The number of aromatic amines is 1. The van der Waals surface area contributed by atoms with Crippen molar-refractivity contribution in [3.05, 3.63) is 41.3 Å². The molecule has 3 saturated heterocycles. The number of fused-ring (bicyclic) bond motifs is 5. The third-order valence-corrected chi connectivity index (χ3v) is 9.76. The van der Waals surface area contributed by atoms with Crippen molar-refractivity contribution in [2.75, 3.05) is 25.6 Å². The van der Waals surface area contributed by atoms with Gasteiger partial charge in [0.1, 0.15) is 41.6 Å². The summed E-state index contributed by atoms with van der Waals surface area (Å²) in [6.45, 7) is -2.24. The number of aliphatic hydroxyl groups is 2. The molecule has 2 unspecified atom stereocenters. The van der Waals surface area contributed by atoms with Gasteiger partial charge < -0.3 is 44.8 Å². The normalized spacial score (nSPS) is 37.4. The fourth-order valence-electron chi connectivity index (χ4n) is 5.62. The number of ether oxygens (including phenoxy) is 2. The molecule has 4 aromatic rings. The molecule has 0 radical (unpaired) electrons. The van der Waals surface area contributed by atoms with Crippen molar-refractivity contribution < 1.29 is 61.1 Å². The van der Waals surface area contributed by atoms with Crippen molar-refractivity contribution in [2.45, 2.75) is 43.0 Å². The van der Waals surface area contributed by atoms with Crippen LogP contribution in [0.2, 0.25) is 0 Å². The fraction of sp³-hybridized carbons (Fsp3) is 0.500. The van der Waals surface area contributed by atoms with E-state index < -0.39 is 101 Å². The topological polar surface area (TPSA) is 291 Å². The van der Waals surface area contributed by atoms with E-state index in [1.165, 1.54) is 10.9 Å². The standard InChI is InChI=1S/C22H25FN8O13P2/c23-9-1-30(18-12(9)20(34)28-6-26-18)22-16-15(33)11(43-22)4-40-45(35,36)39-2-8-10(3-41-46(37,38)44-16)42-21(14(8)32)31-7-29-13-17(24)25-5-27-19(13)31/h1,5-8,10-11,14-16,21-22,32-33H,2-4H2,(H,35,36)(H,37,38)(H2,24,25,27)(H,26,28,34)/t8-,10-,11-,14-,15-,16-,21-,22-/m1/s1. The van der Waals surface area contributed by atoms with E-state index in [1.54, 1.807) is 0 Å². The molecule has 3 aliphatic rings. The van der Waals surface area contributed by atoms with Gasteiger partial charge in [-0.1, -0.05) is 0 Å². The highest BCUT2D eigenvalue weighted by atomic mass is 31.2. The second-order valence-corrected chi connectivity index (χ2v) is 13.4. The van der Waals surface area contributed by atoms with Gasteiger partial charge in [-0.2, -0.15) is 0 Å². The first-order valence-electron chi connectivity index (χ1n) is 13.4. The molecule has 7 heterocycles. The van der Waals surface area contributed by atoms with Crippen molar-refractivity contribution in [1.29, 1.82) is 0 Å². The van der Waals surface area contributed by atoms with Crippen molar-refractivity contribution in [3.63, 3.8) is 0 Å². The van der Waals surface area contributed by atoms with Gasteiger partial charge in [-0.3, -0.25) is 27.5 Å². The lowest BCUT2D eigenvalue weighted by molar-refractivity contribution is -0.0586. The van der Waals surface area contributed by atoms with Crippen LogP contribution in [0.1, 0.15) is 12.5 Å². The quantitative estimate of drug-likeness (QED) is 0.138. The molecule has 3 fully saturated rings. The zero-order valence-electron chi connectivity index (χ0n) is 23.0. The van der Waals surface area contributed by atoms with Gasteiger partial charge >= 0.3 is 15.6 Å². The van der Waals surface area contributed by atoms with Crippen LogP contribution in [-0.4, -0.2) is 104 Å². The summed E-state index contributed by atoms with van der Waals surface area (Å²) in [5, 5.41) is 21.7. The van der Waals surface area contributed by atoms with Crippen LogP contribution in [0.3, 0.4) is 0 Å². The third-order valence-electron chi connectivity index (χ3n) is 7.83. The molecule has 0 amide bonds. The van der Waals surface area contributed by atoms with E-state index >= 15 is 0 Å². The first-order valence-corrected chi connectivity index (χ1v) is 16.4. The Labute approximate surface area is 254 Å². The number of nitrogens with one attached hydrogen (secondary N) is 1. The fourth-order valence-corrected chi connectivity index (χ4v) is 7.32. The first kappa shape index (κ1) is 31.4. The number of hydrogen-bond donors (Lipinski definition) is 6. The minimum atomic E-state index is -5.13. The number of phosphoric ester groups is 2. The van der Waals surface area contributed by atoms with Crippen molar-refractivity contribution in [3.8, 4) is 0 Å². The lowest BCUT2D eigenvalue weighted by Gasteiger charge is -2.26. The molecule has 0 spiro atoms. The molecular formula is C22H25FN8O13P2. The summed E-state index contributed by atoms with van der Waals surface area (Å²) in [5.41, 5.74) is 5.12. The van der Waals surface area contributed by atoms with Crippen molar-refractivity contribution >= 4 is 43.7 Å². The summed E-state index contributed by atoms with van der Waals surface area (Å²) in [6, 6.07) is 0. The van der Waals surface area contributed by atoms with Gasteiger partial charge in [0.15, 0.2) is 35.4 Å². The lowest BCUT2D eigenvalue weighted by Crippen LogP contribution is -2.36. The number of phosphoric acid groups is 2. The Morgan fingerprint density at radius 1 is 0.913 bits per heavy atom. The molecule has 0 aromatic carbocycles. The average Bonchev–Trinajstić information content (AvgIpc) is 3.74. The van der Waals surface area contributed by atoms with Crippen molar-refractivity contribution in [1.82, 2.24) is 34.1 Å². The van der Waals surface area contributed by atoms with Gasteiger partial charge in [-0.25, -0.2) is 33.5 Å². The van der Waals surface area contributed by atoms with E-state index in [0.29, 0.717) is 0 Å². The number of rotatable bonds is 2. The number of nitrogens with two attached hydrogens (primary N) is 1. The summed E-state index contributed by atoms with van der Waals surface area (Å²) >= 11 is 0. The minimum absolute atomic E-state index is 0.0512. The average molecular weight is 690 g/mol. The summed E-state index contributed by atoms with van der Waals surface area (Å²) in [7, 11) is -10.0. The summed E-state index contributed by atoms with van der Waals surface area (Å²) in [6.07, 6.45) is -6.55. The van der Waals surface area contributed by atoms with E-state index in [0.717, 1.165) is 23.4 Å². The number of halogens is 1. The van der Waals surface area contributed by atoms with Crippen LogP contribution in [0, 0.1) is 11.7 Å². The maximum absolute atomic E-state index is 14.8. The molecule has 2 bridgehead atoms. The summed E-state index contributed by atoms with van der Waals surface area (Å²) in [4.78, 5) is 51.6. The van der Waals surface area contributed by atoms with Gasteiger partial charge in [-0.05, 0) is 0 Å². The largest absolute Gasteiger partial charge is 0.472 e. The van der Waals surface area contributed by atoms with Gasteiger partial charge in [0.25, 0.3) is 5.56 Å². The molecule has 0 saturated carbocycles. The number of nitrogens with zero attached hydrogens (tertiary/aromatic N) is 6. The molecule has 7 rings (SSSR count). The number of H-pyrrole nitrogens is 1. The molecule has 4 aromatic heterocycles. The predicted molar refractivity (Wildman–Crippen MR) is 146 cm³/mol. The van der Waals surface area contributed by atoms with Gasteiger partial charge in [0.05, 0.1) is 38.6 Å². The Kier molecular flexibility index (Phi) is 7.82. The second-order valence-electron chi connectivity index (χ2n) is 10.6. The van der Waals surface area contributed by atoms with Crippen LogP contribution in [0.5, 0.6) is 0 Å². The van der Waals surface area contributed by atoms with Crippen LogP contribution >= 0.6 is 15.6 Å². The van der Waals surface area contributed by atoms with Gasteiger partial charge in [-0.15, -0.1) is 0 Å². The van der Waals surface area contributed by atoms with E-state index in [9.17, 15) is 38.3 Å². The number of aromatic nitrogens is 7. The first-order chi connectivity index (χ1) is 21.8. The Bertz CT molecular complexity index is 1960. The lowest BCUT2D eigenvalue weighted by atomic mass is 9.99. The number of imidazole rings is 1. The molecule has 7 N–H and O–H groups in total. The van der Waals surface area contributed by atoms with Crippen LogP contribution in [0.4, 0.5) is 10.2 Å². The SMILES string of the molecule is Nc1ncnc2c1ncn2[C@@H]1O[C@@H]2COP(=O)(O)O[C@@H]3[C@H](O)[C@@H](COP(=O)(O)OC[C@H]2[C@H]1O)O[C@H]3n1cc(F)c2c(=O)[nH]cnc21. The Hall–Kier alpha value is -3.24. The minimum Gasteiger partial charge on any atom is -0.388 e. The zero-order valence-corrected chi connectivity index (χ0v) is 24.8. The number of hydrogen-bond acceptors (Lipinski definition) is 16. The molecule has 0 aliphatic carbocycles. The smallest absolute Gasteiger partial charge is 0.388 e. The maximum Gasteiger partial charge on any atom is 0.472 e. The number of aliphatic hydroxyl groups excluding tert-OH is 2. The molecular weight excluding hydrogens is 665 g/mol. The van der Waals surface area contributed by atoms with Gasteiger partial charge in [0.2, 0.25) is 0 Å². The molecule has 24 heteroatoms. The zero-order chi connectivity index (χ0) is 32.5. The maximum atomic E-state index is 14.8. The summed E-state index contributed by atoms with van der Waals surface area (Å²) in [5.74, 6) is -2.13. The van der Waals surface area contributed by atoms with Crippen LogP contribution in [0.25, 0.3) is 22.2 Å². The molecule has 10 atom stereocenters. The third kappa shape index (κ3) is 5.45. The highest BCUT2D eigenvalue weighted by molar-refractivity contribution is 7.47. The van der Waals surface area contributed by atoms with Crippen LogP contribution < -0.4 is 11.3 Å². The Balaban J connectivity index is 1.20. The van der Waals surface area contributed by atoms with E-state index in [4.69, 9.17) is 33.3 Å². The highest BCUT2D eigenvalue weighted by Gasteiger charge is 2.52. The van der Waals surface area contributed by atoms with Crippen LogP contribution in [-0.2, 0) is 36.7 Å². The Morgan fingerprint density at radius 2 is 1.63 bits per heavy atom. The van der Waals surface area contributed by atoms with E-state index in [2.05, 4.69) is 24.9 Å². The predicted octanol–water partition coefficient (Wildman–Crippen LogP) is -0.932. The molecule has 46 heavy (non-hydrogen) atoms. The Morgan fingerprint density at radius 3 is 2.43 bits per heavy atom. The molecule has 21 nitrogen and oxygen atoms in total. The highest BCUT2D eigenvalue weighted by Crippen LogP contribution is 2.52. The van der Waals surface area contributed by atoms with Gasteiger partial charge in [0, 0.05) is 12.1 Å². The van der Waals surface area contributed by atoms with E-state index in [1.807, 2.05) is 0 Å². The number of nitrogen functional groups attached to an aromatic ring is 1. The number of anilines is 1. The monoisotopic (exact) mass is 690 g/mol. The van der Waals surface area contributed by atoms with Crippen molar-refractivity contribution in [2.24, 2.45) is 5.92 Å². The molecule has 3 aliphatic heterocycles. The second kappa shape index (κ2) is 11.5. The molecule has 248 valence electrons. The van der Waals surface area contributed by atoms with Crippen LogP contribution in [0.15, 0.2) is 30.0 Å². The summed E-state index contributed by atoms with van der Waals surface area (Å²) < 4.78 is 75.4.